The molecule has 1 aromatic heterocycles. The van der Waals surface area contributed by atoms with Crippen molar-refractivity contribution in [3.8, 4) is 0 Å². The normalized spacial score (nSPS) is 23.9. The molecule has 0 amide bonds. The Kier molecular flexibility index (Phi) is 6.72. The van der Waals surface area contributed by atoms with Crippen molar-refractivity contribution in [1.82, 2.24) is 14.8 Å². The van der Waals surface area contributed by atoms with Crippen LogP contribution in [0.4, 0.5) is 0 Å². The van der Waals surface area contributed by atoms with E-state index in [1.165, 1.54) is 15.5 Å². The van der Waals surface area contributed by atoms with Crippen LogP contribution < -0.4 is 5.32 Å². The number of nitrogens with zero attached hydrogens (tertiary/aromatic N) is 2. The van der Waals surface area contributed by atoms with Crippen molar-refractivity contribution in [1.29, 1.82) is 0 Å². The SMILES string of the molecule is Cl.Cl.ClC1=C[C@@H](N2CCNCC2)CC2=C1C=Cn1cccc1S2. The Labute approximate surface area is 158 Å². The van der Waals surface area contributed by atoms with Crippen LogP contribution in [0.3, 0.4) is 0 Å². The minimum atomic E-state index is 0. The molecule has 126 valence electrons. The van der Waals surface area contributed by atoms with Gasteiger partial charge >= 0.3 is 0 Å². The first-order valence-electron chi connectivity index (χ1n) is 7.40. The first kappa shape index (κ1) is 19.0. The molecule has 23 heavy (non-hydrogen) atoms. The van der Waals surface area contributed by atoms with E-state index in [-0.39, 0.29) is 24.8 Å². The van der Waals surface area contributed by atoms with Gasteiger partial charge < -0.3 is 9.88 Å². The molecule has 1 fully saturated rings. The Morgan fingerprint density at radius 2 is 2.00 bits per heavy atom. The highest BCUT2D eigenvalue weighted by atomic mass is 35.5. The van der Waals surface area contributed by atoms with Crippen molar-refractivity contribution in [3.63, 3.8) is 0 Å². The fraction of sp³-hybridized carbons (Fsp3) is 0.375. The van der Waals surface area contributed by atoms with Gasteiger partial charge in [-0.3, -0.25) is 4.90 Å². The molecule has 1 saturated heterocycles. The maximum absolute atomic E-state index is 6.57. The van der Waals surface area contributed by atoms with Crippen molar-refractivity contribution in [3.05, 3.63) is 46.0 Å². The topological polar surface area (TPSA) is 20.2 Å². The Hall–Kier alpha value is -0.360. The molecule has 2 aliphatic heterocycles. The van der Waals surface area contributed by atoms with E-state index in [9.17, 15) is 0 Å². The van der Waals surface area contributed by atoms with Crippen LogP contribution in [0.1, 0.15) is 6.42 Å². The lowest BCUT2D eigenvalue weighted by Gasteiger charge is -2.35. The number of rotatable bonds is 1. The quantitative estimate of drug-likeness (QED) is 0.781. The molecule has 0 spiro atoms. The van der Waals surface area contributed by atoms with Crippen molar-refractivity contribution in [2.45, 2.75) is 17.5 Å². The highest BCUT2D eigenvalue weighted by Gasteiger charge is 2.27. The number of nitrogens with one attached hydrogen (secondary N) is 1. The minimum absolute atomic E-state index is 0. The van der Waals surface area contributed by atoms with Gasteiger partial charge in [0.25, 0.3) is 0 Å². The number of hydrogen-bond donors (Lipinski definition) is 1. The number of thioether (sulfide) groups is 1. The lowest BCUT2D eigenvalue weighted by Crippen LogP contribution is -2.48. The van der Waals surface area contributed by atoms with Gasteiger partial charge in [0.15, 0.2) is 0 Å². The summed E-state index contributed by atoms with van der Waals surface area (Å²) in [5.74, 6) is 0. The summed E-state index contributed by atoms with van der Waals surface area (Å²) in [4.78, 5) is 3.93. The molecule has 4 rings (SSSR count). The lowest BCUT2D eigenvalue weighted by molar-refractivity contribution is 0.201. The molecule has 3 nitrogen and oxygen atoms in total. The summed E-state index contributed by atoms with van der Waals surface area (Å²) in [5.41, 5.74) is 1.19. The number of hydrogen-bond acceptors (Lipinski definition) is 3. The van der Waals surface area contributed by atoms with Crippen LogP contribution in [0.25, 0.3) is 6.20 Å². The lowest BCUT2D eigenvalue weighted by atomic mass is 10.0. The summed E-state index contributed by atoms with van der Waals surface area (Å²) >= 11 is 8.43. The predicted molar refractivity (Wildman–Crippen MR) is 104 cm³/mol. The third-order valence-corrected chi connectivity index (χ3v) is 5.80. The van der Waals surface area contributed by atoms with E-state index < -0.39 is 0 Å². The number of halogens is 3. The Balaban J connectivity index is 0.000000960. The second-order valence-corrected chi connectivity index (χ2v) is 7.10. The van der Waals surface area contributed by atoms with Crippen LogP contribution >= 0.6 is 48.2 Å². The maximum atomic E-state index is 6.57. The Bertz CT molecular complexity index is 645. The highest BCUT2D eigenvalue weighted by Crippen LogP contribution is 2.42. The van der Waals surface area contributed by atoms with E-state index in [0.29, 0.717) is 6.04 Å². The van der Waals surface area contributed by atoms with Crippen LogP contribution in [-0.2, 0) is 0 Å². The van der Waals surface area contributed by atoms with Crippen LogP contribution in [0.15, 0.2) is 51.0 Å². The molecule has 3 heterocycles. The number of piperazine rings is 1. The van der Waals surface area contributed by atoms with E-state index in [4.69, 9.17) is 11.6 Å². The smallest absolute Gasteiger partial charge is 0.0834 e. The van der Waals surface area contributed by atoms with Gasteiger partial charge in [-0.15, -0.1) is 24.8 Å². The molecular formula is C16H20Cl3N3S. The summed E-state index contributed by atoms with van der Waals surface area (Å²) in [5, 5.41) is 5.58. The van der Waals surface area contributed by atoms with Crippen molar-refractivity contribution < 1.29 is 0 Å². The van der Waals surface area contributed by atoms with Gasteiger partial charge in [-0.2, -0.15) is 0 Å². The van der Waals surface area contributed by atoms with E-state index in [1.54, 1.807) is 0 Å². The second-order valence-electron chi connectivity index (χ2n) is 5.58. The summed E-state index contributed by atoms with van der Waals surface area (Å²) < 4.78 is 2.16. The van der Waals surface area contributed by atoms with Crippen LogP contribution in [0.5, 0.6) is 0 Å². The summed E-state index contributed by atoms with van der Waals surface area (Å²) in [6.07, 6.45) is 9.63. The molecule has 1 aliphatic carbocycles. The van der Waals surface area contributed by atoms with Gasteiger partial charge in [0.2, 0.25) is 0 Å². The fourth-order valence-corrected chi connectivity index (χ4v) is 4.68. The summed E-state index contributed by atoms with van der Waals surface area (Å²) in [6, 6.07) is 4.68. The predicted octanol–water partition coefficient (Wildman–Crippen LogP) is 3.96. The molecule has 0 aromatic carbocycles. The first-order chi connectivity index (χ1) is 10.3. The summed E-state index contributed by atoms with van der Waals surface area (Å²) in [7, 11) is 0. The highest BCUT2D eigenvalue weighted by molar-refractivity contribution is 8.03. The van der Waals surface area contributed by atoms with Crippen LogP contribution in [0.2, 0.25) is 0 Å². The van der Waals surface area contributed by atoms with Gasteiger partial charge in [0, 0.05) is 60.1 Å². The van der Waals surface area contributed by atoms with Crippen molar-refractivity contribution in [2.24, 2.45) is 0 Å². The van der Waals surface area contributed by atoms with Gasteiger partial charge in [-0.1, -0.05) is 23.4 Å². The maximum Gasteiger partial charge on any atom is 0.0834 e. The standard InChI is InChI=1S/C16H18ClN3S.2ClH/c17-14-10-12(19-8-4-18-5-9-19)11-15-13(14)3-7-20-6-1-2-16(20)21-15;;/h1-3,6-7,10,12,18H,4-5,8-9,11H2;2*1H/t12-;;/m1../s1. The molecule has 7 heteroatoms. The molecule has 0 radical (unpaired) electrons. The van der Waals surface area contributed by atoms with Gasteiger partial charge in [0.05, 0.1) is 5.03 Å². The molecule has 0 unspecified atom stereocenters. The van der Waals surface area contributed by atoms with Crippen LogP contribution in [-0.4, -0.2) is 41.7 Å². The minimum Gasteiger partial charge on any atom is -0.318 e. The largest absolute Gasteiger partial charge is 0.318 e. The van der Waals surface area contributed by atoms with Gasteiger partial charge in [-0.25, -0.2) is 0 Å². The van der Waals surface area contributed by atoms with E-state index in [0.717, 1.165) is 37.6 Å². The van der Waals surface area contributed by atoms with E-state index in [1.807, 2.05) is 11.8 Å². The van der Waals surface area contributed by atoms with Crippen molar-refractivity contribution in [2.75, 3.05) is 26.2 Å². The van der Waals surface area contributed by atoms with Crippen LogP contribution in [0, 0.1) is 0 Å². The van der Waals surface area contributed by atoms with E-state index >= 15 is 0 Å². The zero-order chi connectivity index (χ0) is 14.2. The molecule has 0 saturated carbocycles. The summed E-state index contributed by atoms with van der Waals surface area (Å²) in [6.45, 7) is 4.35. The number of allylic oxidation sites excluding steroid dienone is 3. The molecule has 1 N–H and O–H groups in total. The fourth-order valence-electron chi connectivity index (χ4n) is 3.14. The second kappa shape index (κ2) is 8.15. The third-order valence-electron chi connectivity index (χ3n) is 4.28. The first-order valence-corrected chi connectivity index (χ1v) is 8.59. The van der Waals surface area contributed by atoms with Gasteiger partial charge in [-0.05, 0) is 30.7 Å². The Morgan fingerprint density at radius 1 is 1.22 bits per heavy atom. The average Bonchev–Trinajstić information content (AvgIpc) is 2.87. The Morgan fingerprint density at radius 3 is 2.78 bits per heavy atom. The van der Waals surface area contributed by atoms with Crippen molar-refractivity contribution >= 4 is 54.4 Å². The molecule has 1 aromatic rings. The molecule has 3 aliphatic rings. The average molecular weight is 393 g/mol. The van der Waals surface area contributed by atoms with E-state index in [2.05, 4.69) is 51.5 Å². The molecule has 0 bridgehead atoms. The number of fused-ring (bicyclic) bond motifs is 1. The third kappa shape index (κ3) is 3.84. The zero-order valence-electron chi connectivity index (χ0n) is 12.6. The number of aromatic nitrogens is 1. The monoisotopic (exact) mass is 391 g/mol. The zero-order valence-corrected chi connectivity index (χ0v) is 15.8. The van der Waals surface area contributed by atoms with Gasteiger partial charge in [0.1, 0.15) is 0 Å². The molecule has 1 atom stereocenters. The molecular weight excluding hydrogens is 373 g/mol.